The number of carbonyl (C=O) groups is 2. The Balaban J connectivity index is 1.53. The van der Waals surface area contributed by atoms with Gasteiger partial charge >= 0.3 is 0 Å². The van der Waals surface area contributed by atoms with Gasteiger partial charge in [0, 0.05) is 49.9 Å². The Bertz CT molecular complexity index is 686. The number of anilines is 1. The second-order valence-electron chi connectivity index (χ2n) is 6.88. The second kappa shape index (κ2) is 7.68. The van der Waals surface area contributed by atoms with Crippen molar-refractivity contribution >= 4 is 23.2 Å². The minimum Gasteiger partial charge on any atom is -0.367 e. The predicted octanol–water partition coefficient (Wildman–Crippen LogP) is 2.08. The van der Waals surface area contributed by atoms with Gasteiger partial charge in [0.25, 0.3) is 0 Å². The van der Waals surface area contributed by atoms with E-state index < -0.39 is 0 Å². The lowest BCUT2D eigenvalue weighted by atomic mass is 10.1. The SMILES string of the molecule is Cc1ccccc1N1CCN(C(=O)CCC2=NNC(=O)CC2)[C@H](C)C1. The van der Waals surface area contributed by atoms with Crippen molar-refractivity contribution in [2.45, 2.75) is 45.6 Å². The zero-order chi connectivity index (χ0) is 17.8. The molecule has 2 aliphatic rings. The summed E-state index contributed by atoms with van der Waals surface area (Å²) in [5.41, 5.74) is 5.94. The summed E-state index contributed by atoms with van der Waals surface area (Å²) in [6.07, 6.45) is 2.22. The van der Waals surface area contributed by atoms with Crippen LogP contribution < -0.4 is 10.3 Å². The fourth-order valence-electron chi connectivity index (χ4n) is 3.55. The fraction of sp³-hybridized carbons (Fsp3) is 0.526. The van der Waals surface area contributed by atoms with Crippen LogP contribution in [0.2, 0.25) is 0 Å². The van der Waals surface area contributed by atoms with Crippen molar-refractivity contribution < 1.29 is 9.59 Å². The van der Waals surface area contributed by atoms with Crippen LogP contribution in [0.15, 0.2) is 29.4 Å². The van der Waals surface area contributed by atoms with Gasteiger partial charge in [-0.15, -0.1) is 0 Å². The van der Waals surface area contributed by atoms with Gasteiger partial charge in [0.1, 0.15) is 0 Å². The van der Waals surface area contributed by atoms with Gasteiger partial charge in [0.15, 0.2) is 0 Å². The molecule has 2 heterocycles. The van der Waals surface area contributed by atoms with Crippen LogP contribution in [0.25, 0.3) is 0 Å². The second-order valence-corrected chi connectivity index (χ2v) is 6.88. The molecule has 6 heteroatoms. The van der Waals surface area contributed by atoms with E-state index in [1.165, 1.54) is 11.3 Å². The first kappa shape index (κ1) is 17.5. The fourth-order valence-corrected chi connectivity index (χ4v) is 3.55. The number of para-hydroxylation sites is 1. The maximum atomic E-state index is 12.6. The Morgan fingerprint density at radius 1 is 1.28 bits per heavy atom. The molecule has 1 saturated heterocycles. The molecule has 25 heavy (non-hydrogen) atoms. The highest BCUT2D eigenvalue weighted by atomic mass is 16.2. The molecule has 1 aromatic carbocycles. The number of carbonyl (C=O) groups excluding carboxylic acids is 2. The average molecular weight is 342 g/mol. The van der Waals surface area contributed by atoms with E-state index in [-0.39, 0.29) is 17.9 Å². The quantitative estimate of drug-likeness (QED) is 0.911. The summed E-state index contributed by atoms with van der Waals surface area (Å²) in [7, 11) is 0. The Kier molecular flexibility index (Phi) is 5.36. The van der Waals surface area contributed by atoms with Gasteiger partial charge in [-0.1, -0.05) is 18.2 Å². The van der Waals surface area contributed by atoms with Crippen LogP contribution in [0.3, 0.4) is 0 Å². The van der Waals surface area contributed by atoms with E-state index in [9.17, 15) is 9.59 Å². The van der Waals surface area contributed by atoms with E-state index in [1.54, 1.807) is 0 Å². The number of amides is 2. The van der Waals surface area contributed by atoms with Crippen molar-refractivity contribution in [1.82, 2.24) is 10.3 Å². The van der Waals surface area contributed by atoms with Crippen molar-refractivity contribution in [2.75, 3.05) is 24.5 Å². The lowest BCUT2D eigenvalue weighted by molar-refractivity contribution is -0.133. The van der Waals surface area contributed by atoms with Crippen molar-refractivity contribution in [3.63, 3.8) is 0 Å². The Morgan fingerprint density at radius 3 is 2.76 bits per heavy atom. The van der Waals surface area contributed by atoms with Crippen LogP contribution >= 0.6 is 0 Å². The van der Waals surface area contributed by atoms with E-state index in [4.69, 9.17) is 0 Å². The highest BCUT2D eigenvalue weighted by Crippen LogP contribution is 2.23. The first-order chi connectivity index (χ1) is 12.0. The molecule has 0 bridgehead atoms. The molecule has 0 radical (unpaired) electrons. The third-order valence-corrected chi connectivity index (χ3v) is 5.01. The minimum atomic E-state index is -0.0453. The number of nitrogens with one attached hydrogen (secondary N) is 1. The number of hydrogen-bond acceptors (Lipinski definition) is 4. The molecule has 1 atom stereocenters. The van der Waals surface area contributed by atoms with Gasteiger partial charge in [-0.3, -0.25) is 9.59 Å². The first-order valence-corrected chi connectivity index (χ1v) is 8.99. The Hall–Kier alpha value is -2.37. The highest BCUT2D eigenvalue weighted by Gasteiger charge is 2.28. The third-order valence-electron chi connectivity index (χ3n) is 5.01. The normalized spacial score (nSPS) is 21.0. The molecule has 1 fully saturated rings. The van der Waals surface area contributed by atoms with Gasteiger partial charge in [-0.2, -0.15) is 5.10 Å². The lowest BCUT2D eigenvalue weighted by Crippen LogP contribution is -2.54. The number of piperazine rings is 1. The van der Waals surface area contributed by atoms with Crippen molar-refractivity contribution in [3.8, 4) is 0 Å². The number of rotatable bonds is 4. The van der Waals surface area contributed by atoms with Crippen LogP contribution in [0.1, 0.15) is 38.2 Å². The largest absolute Gasteiger partial charge is 0.367 e. The number of nitrogens with zero attached hydrogens (tertiary/aromatic N) is 3. The molecule has 6 nitrogen and oxygen atoms in total. The van der Waals surface area contributed by atoms with Crippen LogP contribution in [0.4, 0.5) is 5.69 Å². The van der Waals surface area contributed by atoms with E-state index >= 15 is 0 Å². The molecular weight excluding hydrogens is 316 g/mol. The lowest BCUT2D eigenvalue weighted by Gasteiger charge is -2.41. The summed E-state index contributed by atoms with van der Waals surface area (Å²) in [6.45, 7) is 6.70. The highest BCUT2D eigenvalue weighted by molar-refractivity contribution is 5.94. The molecule has 0 aliphatic carbocycles. The van der Waals surface area contributed by atoms with Crippen molar-refractivity contribution in [2.24, 2.45) is 5.10 Å². The van der Waals surface area contributed by atoms with E-state index in [0.717, 1.165) is 25.3 Å². The molecule has 0 spiro atoms. The maximum Gasteiger partial charge on any atom is 0.240 e. The summed E-state index contributed by atoms with van der Waals surface area (Å²) < 4.78 is 0. The van der Waals surface area contributed by atoms with Gasteiger partial charge in [-0.05, 0) is 38.3 Å². The summed E-state index contributed by atoms with van der Waals surface area (Å²) in [4.78, 5) is 28.0. The molecule has 2 amide bonds. The molecule has 1 N–H and O–H groups in total. The zero-order valence-corrected chi connectivity index (χ0v) is 15.0. The third kappa shape index (κ3) is 4.18. The van der Waals surface area contributed by atoms with Crippen molar-refractivity contribution in [3.05, 3.63) is 29.8 Å². The molecule has 0 unspecified atom stereocenters. The molecule has 1 aromatic rings. The molecule has 0 aromatic heterocycles. The van der Waals surface area contributed by atoms with Crippen molar-refractivity contribution in [1.29, 1.82) is 0 Å². The first-order valence-electron chi connectivity index (χ1n) is 8.99. The molecule has 2 aliphatic heterocycles. The predicted molar refractivity (Wildman–Crippen MR) is 98.6 cm³/mol. The van der Waals surface area contributed by atoms with Crippen LogP contribution in [0, 0.1) is 6.92 Å². The smallest absolute Gasteiger partial charge is 0.240 e. The molecule has 0 saturated carbocycles. The summed E-state index contributed by atoms with van der Waals surface area (Å²) >= 11 is 0. The number of benzene rings is 1. The summed E-state index contributed by atoms with van der Waals surface area (Å²) in [6, 6.07) is 8.58. The van der Waals surface area contributed by atoms with Crippen LogP contribution in [-0.2, 0) is 9.59 Å². The monoisotopic (exact) mass is 342 g/mol. The molecule has 134 valence electrons. The topological polar surface area (TPSA) is 65.0 Å². The zero-order valence-electron chi connectivity index (χ0n) is 15.0. The van der Waals surface area contributed by atoms with E-state index in [0.29, 0.717) is 25.7 Å². The van der Waals surface area contributed by atoms with E-state index in [2.05, 4.69) is 53.5 Å². The van der Waals surface area contributed by atoms with Gasteiger partial charge in [-0.25, -0.2) is 5.43 Å². The molecular formula is C19H26N4O2. The number of hydrogen-bond donors (Lipinski definition) is 1. The van der Waals surface area contributed by atoms with E-state index in [1.807, 2.05) is 4.90 Å². The van der Waals surface area contributed by atoms with Crippen LogP contribution in [0.5, 0.6) is 0 Å². The van der Waals surface area contributed by atoms with Gasteiger partial charge in [0.05, 0.1) is 0 Å². The standard InChI is InChI=1S/C19H26N4O2/c1-14-5-3-4-6-17(14)22-11-12-23(15(2)13-22)19(25)10-8-16-7-9-18(24)21-20-16/h3-6,15H,7-13H2,1-2H3,(H,21,24)/t15-/m1/s1. The van der Waals surface area contributed by atoms with Crippen LogP contribution in [-0.4, -0.2) is 48.1 Å². The van der Waals surface area contributed by atoms with Gasteiger partial charge < -0.3 is 9.80 Å². The Morgan fingerprint density at radius 2 is 2.08 bits per heavy atom. The summed E-state index contributed by atoms with van der Waals surface area (Å²) in [5.74, 6) is 0.132. The number of aryl methyl sites for hydroxylation is 1. The number of hydrazone groups is 1. The molecule has 3 rings (SSSR count). The minimum absolute atomic E-state index is 0.0453. The average Bonchev–Trinajstić information content (AvgIpc) is 2.61. The van der Waals surface area contributed by atoms with Gasteiger partial charge in [0.2, 0.25) is 11.8 Å². The Labute approximate surface area is 148 Å². The maximum absolute atomic E-state index is 12.6. The summed E-state index contributed by atoms with van der Waals surface area (Å²) in [5, 5.41) is 4.05.